The quantitative estimate of drug-likeness (QED) is 0.832. The van der Waals surface area contributed by atoms with Crippen LogP contribution >= 0.6 is 11.6 Å². The maximum Gasteiger partial charge on any atom is 0.224 e. The predicted octanol–water partition coefficient (Wildman–Crippen LogP) is 3.22. The van der Waals surface area contributed by atoms with Crippen LogP contribution in [0.1, 0.15) is 5.56 Å². The van der Waals surface area contributed by atoms with Crippen molar-refractivity contribution in [2.75, 3.05) is 13.2 Å². The lowest BCUT2D eigenvalue weighted by Crippen LogP contribution is -2.29. The van der Waals surface area contributed by atoms with Gasteiger partial charge in [0.15, 0.2) is 0 Å². The van der Waals surface area contributed by atoms with Gasteiger partial charge in [-0.1, -0.05) is 29.8 Å². The van der Waals surface area contributed by atoms with Gasteiger partial charge >= 0.3 is 0 Å². The summed E-state index contributed by atoms with van der Waals surface area (Å²) in [6.45, 7) is 0.695. The Labute approximate surface area is 127 Å². The number of benzene rings is 2. The van der Waals surface area contributed by atoms with Gasteiger partial charge in [-0.15, -0.1) is 0 Å². The first-order valence-corrected chi connectivity index (χ1v) is 6.91. The normalized spacial score (nSPS) is 10.2. The Morgan fingerprint density at radius 2 is 1.86 bits per heavy atom. The molecule has 0 spiro atoms. The molecule has 2 rings (SSSR count). The summed E-state index contributed by atoms with van der Waals surface area (Å²) in [4.78, 5) is 11.7. The van der Waals surface area contributed by atoms with Crippen LogP contribution in [0.15, 0.2) is 48.5 Å². The maximum absolute atomic E-state index is 12.7. The lowest BCUT2D eigenvalue weighted by molar-refractivity contribution is -0.120. The number of hydrogen-bond acceptors (Lipinski definition) is 2. The summed E-state index contributed by atoms with van der Waals surface area (Å²) in [5.74, 6) is 0.137. The Kier molecular flexibility index (Phi) is 5.58. The molecular weight excluding hydrogens is 293 g/mol. The Hall–Kier alpha value is -2.07. The molecular formula is C16H15ClFNO2. The summed E-state index contributed by atoms with van der Waals surface area (Å²) in [7, 11) is 0. The van der Waals surface area contributed by atoms with Gasteiger partial charge in [0, 0.05) is 5.02 Å². The zero-order valence-corrected chi connectivity index (χ0v) is 12.1. The molecule has 1 amide bonds. The first-order valence-electron chi connectivity index (χ1n) is 6.53. The molecule has 0 radical (unpaired) electrons. The summed E-state index contributed by atoms with van der Waals surface area (Å²) < 4.78 is 18.1. The lowest BCUT2D eigenvalue weighted by atomic mass is 10.1. The summed E-state index contributed by atoms with van der Waals surface area (Å²) in [6.07, 6.45) is 0.232. The number of carbonyl (C=O) groups excluding carboxylic acids is 1. The predicted molar refractivity (Wildman–Crippen MR) is 80.1 cm³/mol. The van der Waals surface area contributed by atoms with Crippen molar-refractivity contribution in [3.8, 4) is 5.75 Å². The first-order chi connectivity index (χ1) is 10.1. The van der Waals surface area contributed by atoms with E-state index in [9.17, 15) is 9.18 Å². The van der Waals surface area contributed by atoms with E-state index in [1.807, 2.05) is 18.2 Å². The number of carbonyl (C=O) groups is 1. The second kappa shape index (κ2) is 7.64. The molecule has 0 saturated heterocycles. The smallest absolute Gasteiger partial charge is 0.224 e. The highest BCUT2D eigenvalue weighted by atomic mass is 35.5. The fraction of sp³-hybridized carbons (Fsp3) is 0.188. The molecule has 5 heteroatoms. The fourth-order valence-electron chi connectivity index (χ4n) is 1.77. The van der Waals surface area contributed by atoms with Crippen LogP contribution in [0.4, 0.5) is 4.39 Å². The van der Waals surface area contributed by atoms with Crippen LogP contribution in [0.5, 0.6) is 5.75 Å². The highest BCUT2D eigenvalue weighted by molar-refractivity contribution is 6.31. The van der Waals surface area contributed by atoms with Crippen molar-refractivity contribution in [2.24, 2.45) is 0 Å². The van der Waals surface area contributed by atoms with Crippen LogP contribution in [-0.4, -0.2) is 19.1 Å². The van der Waals surface area contributed by atoms with Crippen LogP contribution in [0.3, 0.4) is 0 Å². The number of halogens is 2. The molecule has 0 aliphatic heterocycles. The van der Waals surface area contributed by atoms with Crippen LogP contribution < -0.4 is 10.1 Å². The van der Waals surface area contributed by atoms with E-state index in [1.54, 1.807) is 18.2 Å². The van der Waals surface area contributed by atoms with Crippen molar-refractivity contribution in [3.63, 3.8) is 0 Å². The van der Waals surface area contributed by atoms with Gasteiger partial charge in [0.25, 0.3) is 0 Å². The summed E-state index contributed by atoms with van der Waals surface area (Å²) in [5, 5.41) is 3.32. The van der Waals surface area contributed by atoms with Crippen molar-refractivity contribution in [1.82, 2.24) is 5.32 Å². The SMILES string of the molecule is O=C(Cc1ccccc1Cl)NCCOc1ccc(F)cc1. The molecule has 0 atom stereocenters. The zero-order chi connectivity index (χ0) is 15.1. The van der Waals surface area contributed by atoms with Crippen LogP contribution in [0, 0.1) is 5.82 Å². The fourth-order valence-corrected chi connectivity index (χ4v) is 1.97. The highest BCUT2D eigenvalue weighted by Gasteiger charge is 2.05. The van der Waals surface area contributed by atoms with Crippen LogP contribution in [-0.2, 0) is 11.2 Å². The molecule has 1 N–H and O–H groups in total. The number of hydrogen-bond donors (Lipinski definition) is 1. The minimum Gasteiger partial charge on any atom is -0.492 e. The molecule has 0 unspecified atom stereocenters. The van der Waals surface area contributed by atoms with E-state index >= 15 is 0 Å². The van der Waals surface area contributed by atoms with E-state index in [1.165, 1.54) is 12.1 Å². The molecule has 0 saturated carbocycles. The average Bonchev–Trinajstić information content (AvgIpc) is 2.48. The van der Waals surface area contributed by atoms with Crippen molar-refractivity contribution >= 4 is 17.5 Å². The van der Waals surface area contributed by atoms with Crippen LogP contribution in [0.25, 0.3) is 0 Å². The van der Waals surface area contributed by atoms with Gasteiger partial charge in [-0.2, -0.15) is 0 Å². The van der Waals surface area contributed by atoms with Gasteiger partial charge in [-0.3, -0.25) is 4.79 Å². The number of ether oxygens (including phenoxy) is 1. The molecule has 0 heterocycles. The van der Waals surface area contributed by atoms with Gasteiger partial charge < -0.3 is 10.1 Å². The summed E-state index contributed by atoms with van der Waals surface area (Å²) in [6, 6.07) is 13.0. The van der Waals surface area contributed by atoms with E-state index in [4.69, 9.17) is 16.3 Å². The van der Waals surface area contributed by atoms with Crippen LogP contribution in [0.2, 0.25) is 5.02 Å². The summed E-state index contributed by atoms with van der Waals surface area (Å²) >= 11 is 5.99. The van der Waals surface area contributed by atoms with Gasteiger partial charge in [0.1, 0.15) is 18.2 Å². The third kappa shape index (κ3) is 5.08. The van der Waals surface area contributed by atoms with E-state index in [2.05, 4.69) is 5.32 Å². The Bertz CT molecular complexity index is 601. The Morgan fingerprint density at radius 3 is 2.57 bits per heavy atom. The molecule has 0 aliphatic carbocycles. The monoisotopic (exact) mass is 307 g/mol. The molecule has 3 nitrogen and oxygen atoms in total. The van der Waals surface area contributed by atoms with E-state index < -0.39 is 0 Å². The standard InChI is InChI=1S/C16H15ClFNO2/c17-15-4-2-1-3-12(15)11-16(20)19-9-10-21-14-7-5-13(18)6-8-14/h1-8H,9-11H2,(H,19,20). The Morgan fingerprint density at radius 1 is 1.14 bits per heavy atom. The minimum absolute atomic E-state index is 0.120. The van der Waals surface area contributed by atoms with Gasteiger partial charge in [0.2, 0.25) is 5.91 Å². The highest BCUT2D eigenvalue weighted by Crippen LogP contribution is 2.15. The lowest BCUT2D eigenvalue weighted by Gasteiger charge is -2.08. The second-order valence-corrected chi connectivity index (χ2v) is 4.83. The molecule has 0 bridgehead atoms. The first kappa shape index (κ1) is 15.3. The van der Waals surface area contributed by atoms with Gasteiger partial charge in [0.05, 0.1) is 13.0 Å². The van der Waals surface area contributed by atoms with E-state index in [0.29, 0.717) is 23.9 Å². The van der Waals surface area contributed by atoms with Crippen molar-refractivity contribution in [1.29, 1.82) is 0 Å². The van der Waals surface area contributed by atoms with Crippen molar-refractivity contribution in [2.45, 2.75) is 6.42 Å². The summed E-state index contributed by atoms with van der Waals surface area (Å²) in [5.41, 5.74) is 0.788. The average molecular weight is 308 g/mol. The topological polar surface area (TPSA) is 38.3 Å². The third-order valence-electron chi connectivity index (χ3n) is 2.82. The largest absolute Gasteiger partial charge is 0.492 e. The maximum atomic E-state index is 12.7. The van der Waals surface area contributed by atoms with E-state index in [0.717, 1.165) is 5.56 Å². The molecule has 2 aromatic rings. The zero-order valence-electron chi connectivity index (χ0n) is 11.3. The Balaban J connectivity index is 1.70. The minimum atomic E-state index is -0.310. The van der Waals surface area contributed by atoms with Crippen molar-refractivity contribution in [3.05, 3.63) is 64.9 Å². The number of nitrogens with one attached hydrogen (secondary N) is 1. The number of amides is 1. The number of rotatable bonds is 6. The van der Waals surface area contributed by atoms with Gasteiger partial charge in [-0.05, 0) is 35.9 Å². The molecule has 2 aromatic carbocycles. The van der Waals surface area contributed by atoms with Gasteiger partial charge in [-0.25, -0.2) is 4.39 Å². The third-order valence-corrected chi connectivity index (χ3v) is 3.18. The van der Waals surface area contributed by atoms with E-state index in [-0.39, 0.29) is 18.1 Å². The molecule has 0 aliphatic rings. The molecule has 21 heavy (non-hydrogen) atoms. The molecule has 110 valence electrons. The van der Waals surface area contributed by atoms with Crippen molar-refractivity contribution < 1.29 is 13.9 Å². The second-order valence-electron chi connectivity index (χ2n) is 4.42. The molecule has 0 aromatic heterocycles. The molecule has 0 fully saturated rings.